The number of hydrogen-bond acceptors (Lipinski definition) is 3. The maximum Gasteiger partial charge on any atom is 0.261 e. The maximum atomic E-state index is 6.39. The minimum Gasteiger partial charge on any atom is -0.519 e. The van der Waals surface area contributed by atoms with Crippen LogP contribution in [0.1, 0.15) is 46.3 Å². The molecule has 1 rings (SSSR count). The van der Waals surface area contributed by atoms with E-state index in [4.69, 9.17) is 9.16 Å². The fraction of sp³-hybridized carbons (Fsp3) is 0.600. The molecule has 24 heavy (non-hydrogen) atoms. The van der Waals surface area contributed by atoms with Crippen molar-refractivity contribution in [1.82, 2.24) is 4.90 Å². The third-order valence-electron chi connectivity index (χ3n) is 5.02. The van der Waals surface area contributed by atoms with Crippen molar-refractivity contribution in [2.24, 2.45) is 0 Å². The third-order valence-corrected chi connectivity index (χ3v) is 9.35. The summed E-state index contributed by atoms with van der Waals surface area (Å²) in [6.07, 6.45) is 1.87. The summed E-state index contributed by atoms with van der Waals surface area (Å²) in [5.74, 6) is 0.643. The number of hydrogen-bond donors (Lipinski definition) is 0. The van der Waals surface area contributed by atoms with Crippen LogP contribution >= 0.6 is 0 Å². The van der Waals surface area contributed by atoms with Gasteiger partial charge in [-0.2, -0.15) is 0 Å². The lowest BCUT2D eigenvalue weighted by Crippen LogP contribution is -2.41. The van der Waals surface area contributed by atoms with Gasteiger partial charge in [-0.3, -0.25) is 0 Å². The van der Waals surface area contributed by atoms with E-state index in [-0.39, 0.29) is 17.2 Å². The number of rotatable bonds is 7. The quantitative estimate of drug-likeness (QED) is 0.474. The van der Waals surface area contributed by atoms with Crippen molar-refractivity contribution in [2.75, 3.05) is 14.1 Å². The molecule has 0 unspecified atom stereocenters. The number of ether oxygens (including phenoxy) is 1. The van der Waals surface area contributed by atoms with Crippen LogP contribution in [-0.4, -0.2) is 33.4 Å². The topological polar surface area (TPSA) is 21.7 Å². The fourth-order valence-electron chi connectivity index (χ4n) is 2.04. The average molecular weight is 350 g/mol. The normalized spacial score (nSPS) is 16.0. The van der Waals surface area contributed by atoms with Crippen LogP contribution in [0.4, 0.5) is 0 Å². The smallest absolute Gasteiger partial charge is 0.261 e. The molecular formula is C20H35NO2Si. The van der Waals surface area contributed by atoms with Gasteiger partial charge in [0.15, 0.2) is 0 Å². The van der Waals surface area contributed by atoms with Gasteiger partial charge >= 0.3 is 0 Å². The summed E-state index contributed by atoms with van der Waals surface area (Å²) in [5, 5.41) is 0.139. The minimum absolute atomic E-state index is 0.0721. The molecule has 0 radical (unpaired) electrons. The van der Waals surface area contributed by atoms with Crippen molar-refractivity contribution in [3.8, 4) is 0 Å². The summed E-state index contributed by atoms with van der Waals surface area (Å²) in [7, 11) is 2.23. The number of allylic oxidation sites excluding steroid dienone is 1. The molecule has 0 fully saturated rings. The first-order valence-corrected chi connectivity index (χ1v) is 11.6. The molecule has 0 aromatic heterocycles. The molecule has 0 aliphatic heterocycles. The molecular weight excluding hydrogens is 314 g/mol. The molecule has 0 saturated carbocycles. The van der Waals surface area contributed by atoms with Crippen molar-refractivity contribution in [2.45, 2.75) is 64.9 Å². The summed E-state index contributed by atoms with van der Waals surface area (Å²) >= 11 is 0. The highest BCUT2D eigenvalue weighted by molar-refractivity contribution is 6.74. The Labute approximate surface area is 149 Å². The molecule has 0 saturated heterocycles. The first kappa shape index (κ1) is 20.8. The third kappa shape index (κ3) is 5.38. The molecule has 0 N–H and O–H groups in total. The minimum atomic E-state index is -1.93. The Balaban J connectivity index is 3.04. The Kier molecular flexibility index (Phi) is 7.11. The Hall–Kier alpha value is -1.26. The summed E-state index contributed by atoms with van der Waals surface area (Å²) in [4.78, 5) is 2.18. The van der Waals surface area contributed by atoms with E-state index in [1.165, 1.54) is 0 Å². The molecule has 136 valence electrons. The monoisotopic (exact) mass is 349 g/mol. The zero-order valence-corrected chi connectivity index (χ0v) is 17.9. The van der Waals surface area contributed by atoms with Crippen molar-refractivity contribution in [3.05, 3.63) is 47.9 Å². The SMILES string of the molecule is C/C=C(\O[C@H](c1ccccc1)[C@H](C)N(C)C)O[Si](C)(C)C(C)(C)C. The van der Waals surface area contributed by atoms with Crippen LogP contribution in [0.5, 0.6) is 0 Å². The van der Waals surface area contributed by atoms with Crippen LogP contribution in [-0.2, 0) is 9.16 Å². The molecule has 3 nitrogen and oxygen atoms in total. The van der Waals surface area contributed by atoms with Gasteiger partial charge in [0, 0.05) is 6.04 Å². The second-order valence-electron chi connectivity index (χ2n) is 8.12. The van der Waals surface area contributed by atoms with E-state index >= 15 is 0 Å². The van der Waals surface area contributed by atoms with E-state index in [0.717, 1.165) is 5.56 Å². The molecule has 1 aromatic rings. The predicted octanol–water partition coefficient (Wildman–Crippen LogP) is 5.58. The van der Waals surface area contributed by atoms with Gasteiger partial charge in [-0.15, -0.1) is 0 Å². The highest BCUT2D eigenvalue weighted by Gasteiger charge is 2.40. The van der Waals surface area contributed by atoms with E-state index in [0.29, 0.717) is 5.95 Å². The van der Waals surface area contributed by atoms with Crippen LogP contribution in [0.2, 0.25) is 18.1 Å². The van der Waals surface area contributed by atoms with Gasteiger partial charge in [0.2, 0.25) is 0 Å². The van der Waals surface area contributed by atoms with E-state index < -0.39 is 8.32 Å². The van der Waals surface area contributed by atoms with Crippen molar-refractivity contribution in [1.29, 1.82) is 0 Å². The van der Waals surface area contributed by atoms with Gasteiger partial charge in [0.05, 0.1) is 0 Å². The van der Waals surface area contributed by atoms with Gasteiger partial charge < -0.3 is 14.1 Å². The molecule has 2 atom stereocenters. The Bertz CT molecular complexity index is 532. The van der Waals surface area contributed by atoms with Gasteiger partial charge in [-0.05, 0) is 57.7 Å². The average Bonchev–Trinajstić information content (AvgIpc) is 2.50. The highest BCUT2D eigenvalue weighted by atomic mass is 28.4. The summed E-state index contributed by atoms with van der Waals surface area (Å²) in [6.45, 7) is 15.4. The highest BCUT2D eigenvalue weighted by Crippen LogP contribution is 2.39. The second kappa shape index (κ2) is 8.21. The summed E-state index contributed by atoms with van der Waals surface area (Å²) in [6, 6.07) is 10.6. The van der Waals surface area contributed by atoms with Gasteiger partial charge in [-0.1, -0.05) is 51.1 Å². The lowest BCUT2D eigenvalue weighted by atomic mass is 10.0. The van der Waals surface area contributed by atoms with Gasteiger partial charge in [0.25, 0.3) is 14.3 Å². The largest absolute Gasteiger partial charge is 0.519 e. The van der Waals surface area contributed by atoms with Crippen molar-refractivity contribution in [3.63, 3.8) is 0 Å². The first-order chi connectivity index (χ1) is 11.0. The maximum absolute atomic E-state index is 6.39. The molecule has 4 heteroatoms. The first-order valence-electron chi connectivity index (χ1n) is 8.73. The van der Waals surface area contributed by atoms with Crippen molar-refractivity contribution >= 4 is 8.32 Å². The zero-order chi connectivity index (χ0) is 18.5. The predicted molar refractivity (Wildman–Crippen MR) is 105 cm³/mol. The zero-order valence-electron chi connectivity index (χ0n) is 16.9. The standard InChI is InChI=1S/C20H35NO2Si/c1-10-18(23-24(8,9)20(3,4)5)22-19(16(2)21(6)7)17-14-12-11-13-15-17/h10-16,19H,1-9H3/b18-10+/t16-,19-/m0/s1. The van der Waals surface area contributed by atoms with Gasteiger partial charge in [-0.25, -0.2) is 0 Å². The molecule has 1 aromatic carbocycles. The number of likely N-dealkylation sites (N-methyl/N-ethyl adjacent to an activating group) is 1. The lowest BCUT2D eigenvalue weighted by Gasteiger charge is -2.38. The van der Waals surface area contributed by atoms with Crippen LogP contribution in [0.25, 0.3) is 0 Å². The Morgan fingerprint density at radius 2 is 1.67 bits per heavy atom. The van der Waals surface area contributed by atoms with Crippen LogP contribution in [0.3, 0.4) is 0 Å². The van der Waals surface area contributed by atoms with E-state index in [1.54, 1.807) is 0 Å². The Morgan fingerprint density at radius 1 is 1.12 bits per heavy atom. The summed E-state index contributed by atoms with van der Waals surface area (Å²) < 4.78 is 12.8. The molecule has 0 aliphatic rings. The number of nitrogens with zero attached hydrogens (tertiary/aromatic N) is 1. The van der Waals surface area contributed by atoms with Gasteiger partial charge in [0.1, 0.15) is 6.10 Å². The second-order valence-corrected chi connectivity index (χ2v) is 12.8. The van der Waals surface area contributed by atoms with E-state index in [2.05, 4.69) is 84.0 Å². The number of benzene rings is 1. The molecule has 0 aliphatic carbocycles. The lowest BCUT2D eigenvalue weighted by molar-refractivity contribution is -0.00485. The molecule has 0 amide bonds. The molecule has 0 spiro atoms. The van der Waals surface area contributed by atoms with E-state index in [9.17, 15) is 0 Å². The summed E-state index contributed by atoms with van der Waals surface area (Å²) in [5.41, 5.74) is 1.16. The van der Waals surface area contributed by atoms with Crippen molar-refractivity contribution < 1.29 is 9.16 Å². The van der Waals surface area contributed by atoms with Crippen LogP contribution in [0.15, 0.2) is 42.4 Å². The van der Waals surface area contributed by atoms with Crippen LogP contribution < -0.4 is 0 Å². The molecule has 0 bridgehead atoms. The van der Waals surface area contributed by atoms with Crippen LogP contribution in [0, 0.1) is 0 Å². The Morgan fingerprint density at radius 3 is 2.08 bits per heavy atom. The fourth-order valence-corrected chi connectivity index (χ4v) is 3.01. The van der Waals surface area contributed by atoms with E-state index in [1.807, 2.05) is 19.1 Å². The molecule has 0 heterocycles.